The van der Waals surface area contributed by atoms with Crippen LogP contribution in [0.25, 0.3) is 0 Å². The summed E-state index contributed by atoms with van der Waals surface area (Å²) in [7, 11) is 0. The van der Waals surface area contributed by atoms with Crippen molar-refractivity contribution in [2.45, 2.75) is 6.92 Å². The summed E-state index contributed by atoms with van der Waals surface area (Å²) in [6.07, 6.45) is 0. The van der Waals surface area contributed by atoms with E-state index in [2.05, 4.69) is 21.7 Å². The Morgan fingerprint density at radius 3 is 1.78 bits per heavy atom. The number of carboxylic acid groups (broad SMARTS) is 1. The minimum absolute atomic E-state index is 0.0208. The Bertz CT molecular complexity index is 100.0. The second-order valence-corrected chi connectivity index (χ2v) is 2.18. The summed E-state index contributed by atoms with van der Waals surface area (Å²) in [5.41, 5.74) is 4.57. The summed E-state index contributed by atoms with van der Waals surface area (Å²) in [6, 6.07) is 0. The van der Waals surface area contributed by atoms with Crippen LogP contribution < -0.4 is 5.73 Å². The fourth-order valence-corrected chi connectivity index (χ4v) is 0. The van der Waals surface area contributed by atoms with Crippen molar-refractivity contribution >= 4 is 26.6 Å². The fraction of sp³-hybridized carbons (Fsp3) is 0.500. The van der Waals surface area contributed by atoms with Gasteiger partial charge in [-0.3, -0.25) is 9.59 Å². The van der Waals surface area contributed by atoms with Crippen LogP contribution in [0.4, 0.5) is 0 Å². The number of hydrogen-bond acceptors (Lipinski definition) is 3. The van der Waals surface area contributed by atoms with Gasteiger partial charge in [0.2, 0.25) is 0 Å². The Labute approximate surface area is 61.2 Å². The predicted octanol–water partition coefficient (Wildman–Crippen LogP) is -0.0425. The zero-order chi connectivity index (χ0) is 7.86. The standard InChI is InChI=1S/C2H3BrO.C2H5NO2/c1-2(3)4;3-1-2(4)5/h1H3;1,3H2,(H,4,5). The maximum Gasteiger partial charge on any atom is 0.317 e. The lowest BCUT2D eigenvalue weighted by Gasteiger charge is -1.73. The molecule has 0 fully saturated rings. The van der Waals surface area contributed by atoms with Crippen LogP contribution in [-0.2, 0) is 9.59 Å². The highest BCUT2D eigenvalue weighted by atomic mass is 79.9. The van der Waals surface area contributed by atoms with Gasteiger partial charge in [-0.2, -0.15) is 0 Å². The van der Waals surface area contributed by atoms with E-state index >= 15 is 0 Å². The lowest BCUT2D eigenvalue weighted by Crippen LogP contribution is -2.10. The van der Waals surface area contributed by atoms with Crippen molar-refractivity contribution < 1.29 is 14.7 Å². The molecule has 0 amide bonds. The second kappa shape index (κ2) is 7.58. The highest BCUT2D eigenvalue weighted by Crippen LogP contribution is 1.74. The Balaban J connectivity index is 0. The van der Waals surface area contributed by atoms with Crippen LogP contribution in [0.2, 0.25) is 0 Å². The highest BCUT2D eigenvalue weighted by Gasteiger charge is 1.81. The SMILES string of the molecule is CC(=O)Br.NCC(=O)O. The molecule has 4 nitrogen and oxygen atoms in total. The van der Waals surface area contributed by atoms with Crippen molar-refractivity contribution in [3.05, 3.63) is 0 Å². The van der Waals surface area contributed by atoms with E-state index in [9.17, 15) is 9.59 Å². The second-order valence-electron chi connectivity index (χ2n) is 1.07. The molecular formula is C4H8BrNO3. The molecule has 0 heterocycles. The highest BCUT2D eigenvalue weighted by molar-refractivity contribution is 9.18. The van der Waals surface area contributed by atoms with Crippen LogP contribution in [0.1, 0.15) is 6.92 Å². The molecule has 0 unspecified atom stereocenters. The Kier molecular flexibility index (Phi) is 9.59. The summed E-state index contributed by atoms with van der Waals surface area (Å²) < 4.78 is -0.0208. The third kappa shape index (κ3) is 94.5. The monoisotopic (exact) mass is 197 g/mol. The number of nitrogens with two attached hydrogens (primary N) is 1. The van der Waals surface area contributed by atoms with Crippen molar-refractivity contribution in [2.75, 3.05) is 6.54 Å². The third-order valence-electron chi connectivity index (χ3n) is 0.175. The molecule has 0 aliphatic carbocycles. The zero-order valence-corrected chi connectivity index (χ0v) is 6.51. The molecule has 0 aromatic rings. The topological polar surface area (TPSA) is 80.4 Å². The first-order valence-corrected chi connectivity index (χ1v) is 2.88. The molecule has 5 heteroatoms. The number of carboxylic acids is 1. The molecule has 0 rings (SSSR count). The minimum atomic E-state index is -0.968. The molecule has 3 N–H and O–H groups in total. The summed E-state index contributed by atoms with van der Waals surface area (Å²) in [4.78, 5) is 18.6. The molecule has 0 saturated carbocycles. The van der Waals surface area contributed by atoms with E-state index in [1.54, 1.807) is 0 Å². The zero-order valence-electron chi connectivity index (χ0n) is 4.93. The Morgan fingerprint density at radius 1 is 1.67 bits per heavy atom. The van der Waals surface area contributed by atoms with Crippen LogP contribution in [-0.4, -0.2) is 22.3 Å². The van der Waals surface area contributed by atoms with E-state index in [1.165, 1.54) is 6.92 Å². The molecule has 0 aromatic carbocycles. The lowest BCUT2D eigenvalue weighted by molar-refractivity contribution is -0.135. The fourth-order valence-electron chi connectivity index (χ4n) is 0. The van der Waals surface area contributed by atoms with E-state index in [0.29, 0.717) is 0 Å². The van der Waals surface area contributed by atoms with Crippen LogP contribution in [0.15, 0.2) is 0 Å². The van der Waals surface area contributed by atoms with Gasteiger partial charge in [-0.05, 0) is 15.9 Å². The summed E-state index contributed by atoms with van der Waals surface area (Å²) in [5, 5.41) is 7.60. The normalized spacial score (nSPS) is 7.00. The molecule has 9 heavy (non-hydrogen) atoms. The van der Waals surface area contributed by atoms with Gasteiger partial charge in [0.25, 0.3) is 0 Å². The molecule has 0 saturated heterocycles. The quantitative estimate of drug-likeness (QED) is 0.579. The smallest absolute Gasteiger partial charge is 0.317 e. The van der Waals surface area contributed by atoms with E-state index < -0.39 is 5.97 Å². The van der Waals surface area contributed by atoms with E-state index in [4.69, 9.17) is 5.11 Å². The van der Waals surface area contributed by atoms with Crippen molar-refractivity contribution in [3.63, 3.8) is 0 Å². The van der Waals surface area contributed by atoms with E-state index in [1.807, 2.05) is 0 Å². The van der Waals surface area contributed by atoms with Gasteiger partial charge < -0.3 is 10.8 Å². The summed E-state index contributed by atoms with van der Waals surface area (Å²) >= 11 is 2.63. The summed E-state index contributed by atoms with van der Waals surface area (Å²) in [6.45, 7) is 1.17. The number of carbonyl (C=O) groups is 2. The largest absolute Gasteiger partial charge is 0.480 e. The average molecular weight is 198 g/mol. The molecule has 0 aromatic heterocycles. The third-order valence-corrected chi connectivity index (χ3v) is 0.175. The van der Waals surface area contributed by atoms with Gasteiger partial charge >= 0.3 is 5.97 Å². The lowest BCUT2D eigenvalue weighted by atomic mass is 10.7. The van der Waals surface area contributed by atoms with Crippen molar-refractivity contribution in [1.82, 2.24) is 0 Å². The average Bonchev–Trinajstić information content (AvgIpc) is 1.65. The van der Waals surface area contributed by atoms with Crippen LogP contribution in [0.3, 0.4) is 0 Å². The number of hydrogen-bond donors (Lipinski definition) is 2. The van der Waals surface area contributed by atoms with Crippen molar-refractivity contribution in [1.29, 1.82) is 0 Å². The van der Waals surface area contributed by atoms with Crippen molar-refractivity contribution in [3.8, 4) is 0 Å². The van der Waals surface area contributed by atoms with Gasteiger partial charge in [0, 0.05) is 6.92 Å². The molecule has 0 aliphatic heterocycles. The molecule has 0 bridgehead atoms. The molecule has 0 aliphatic rings. The summed E-state index contributed by atoms with van der Waals surface area (Å²) in [5.74, 6) is -0.968. The molecule has 0 spiro atoms. The first-order chi connectivity index (χ1) is 4.00. The molecule has 54 valence electrons. The number of aliphatic carboxylic acids is 1. The first kappa shape index (κ1) is 11.4. The predicted molar refractivity (Wildman–Crippen MR) is 36.3 cm³/mol. The van der Waals surface area contributed by atoms with Gasteiger partial charge in [-0.25, -0.2) is 0 Å². The Morgan fingerprint density at radius 2 is 1.78 bits per heavy atom. The van der Waals surface area contributed by atoms with Crippen LogP contribution >= 0.6 is 15.9 Å². The van der Waals surface area contributed by atoms with Crippen LogP contribution in [0, 0.1) is 0 Å². The number of rotatable bonds is 1. The van der Waals surface area contributed by atoms with E-state index in [-0.39, 0.29) is 11.2 Å². The molecular weight excluding hydrogens is 190 g/mol. The molecule has 0 atom stereocenters. The van der Waals surface area contributed by atoms with Gasteiger partial charge in [0.1, 0.15) is 0 Å². The first-order valence-electron chi connectivity index (χ1n) is 2.08. The van der Waals surface area contributed by atoms with Gasteiger partial charge in [-0.1, -0.05) is 0 Å². The minimum Gasteiger partial charge on any atom is -0.480 e. The molecule has 0 radical (unpaired) electrons. The number of carbonyl (C=O) groups excluding carboxylic acids is 1. The Hall–Kier alpha value is -0.420. The van der Waals surface area contributed by atoms with Gasteiger partial charge in [0.05, 0.1) is 6.54 Å². The van der Waals surface area contributed by atoms with Gasteiger partial charge in [-0.15, -0.1) is 0 Å². The maximum atomic E-state index is 9.36. The maximum absolute atomic E-state index is 9.36. The number of halogens is 1. The van der Waals surface area contributed by atoms with Crippen molar-refractivity contribution in [2.24, 2.45) is 5.73 Å². The van der Waals surface area contributed by atoms with Gasteiger partial charge in [0.15, 0.2) is 4.69 Å². The van der Waals surface area contributed by atoms with Crippen LogP contribution in [0.5, 0.6) is 0 Å². The van der Waals surface area contributed by atoms with E-state index in [0.717, 1.165) is 0 Å².